The van der Waals surface area contributed by atoms with Gasteiger partial charge >= 0.3 is 0 Å². The lowest BCUT2D eigenvalue weighted by Gasteiger charge is -2.33. The molecule has 4 rings (SSSR count). The number of nitrogens with one attached hydrogen (secondary N) is 2. The van der Waals surface area contributed by atoms with Crippen LogP contribution in [0.3, 0.4) is 0 Å². The van der Waals surface area contributed by atoms with Crippen LogP contribution in [0.4, 0.5) is 5.82 Å². The molecule has 1 amide bonds. The summed E-state index contributed by atoms with van der Waals surface area (Å²) in [4.78, 5) is 15.0. The normalized spacial score (nSPS) is 15.7. The number of H-pyrrole nitrogens is 1. The summed E-state index contributed by atoms with van der Waals surface area (Å²) in [6.07, 6.45) is 2.24. The highest BCUT2D eigenvalue weighted by atomic mass is 35.5. The summed E-state index contributed by atoms with van der Waals surface area (Å²) in [5.41, 5.74) is 2.88. The first-order chi connectivity index (χ1) is 16.6. The number of nitrogens with zero attached hydrogens (tertiary/aromatic N) is 2. The Morgan fingerprint density at radius 2 is 1.88 bits per heavy atom. The van der Waals surface area contributed by atoms with E-state index < -0.39 is 0 Å². The number of ether oxygens (including phenoxy) is 2. The van der Waals surface area contributed by atoms with E-state index in [1.54, 1.807) is 0 Å². The molecule has 34 heavy (non-hydrogen) atoms. The topological polar surface area (TPSA) is 79.5 Å². The fraction of sp³-hybridized carbons (Fsp3) is 0.385. The van der Waals surface area contributed by atoms with Gasteiger partial charge < -0.3 is 19.7 Å². The van der Waals surface area contributed by atoms with Crippen molar-refractivity contribution in [3.63, 3.8) is 0 Å². The van der Waals surface area contributed by atoms with Gasteiger partial charge in [-0.05, 0) is 62.1 Å². The van der Waals surface area contributed by atoms with E-state index in [-0.39, 0.29) is 11.9 Å². The number of hydrogen-bond donors (Lipinski definition) is 2. The standard InChI is InChI=1S/C26H31ClN4O3/c1-3-33-23-12-7-18(14-24(23)34-4-2)15-26(32)28-21-6-5-13-31(17-21)25-16-22(29-30-25)19-8-10-20(27)11-9-19/h7-12,14,16,21H,3-6,13,15,17H2,1-2H3,(H,28,32)(H,29,30). The minimum absolute atomic E-state index is 0.00217. The SMILES string of the molecule is CCOc1ccc(CC(=O)NC2CCCN(c3cc(-c4ccc(Cl)cc4)[nH]n3)C2)cc1OCC. The third-order valence-electron chi connectivity index (χ3n) is 5.80. The highest BCUT2D eigenvalue weighted by molar-refractivity contribution is 6.30. The molecule has 7 nitrogen and oxygen atoms in total. The molecule has 180 valence electrons. The van der Waals surface area contributed by atoms with Crippen LogP contribution in [-0.2, 0) is 11.2 Å². The minimum atomic E-state index is 0.00217. The molecule has 1 atom stereocenters. The zero-order valence-corrected chi connectivity index (χ0v) is 20.4. The lowest BCUT2D eigenvalue weighted by Crippen LogP contribution is -2.48. The first-order valence-electron chi connectivity index (χ1n) is 11.8. The predicted octanol–water partition coefficient (Wildman–Crippen LogP) is 4.86. The zero-order valence-electron chi connectivity index (χ0n) is 19.6. The summed E-state index contributed by atoms with van der Waals surface area (Å²) in [6.45, 7) is 6.61. The molecule has 0 radical (unpaired) electrons. The van der Waals surface area contributed by atoms with E-state index in [0.717, 1.165) is 48.6 Å². The Morgan fingerprint density at radius 1 is 1.12 bits per heavy atom. The van der Waals surface area contributed by atoms with E-state index in [1.165, 1.54) is 0 Å². The van der Waals surface area contributed by atoms with Gasteiger partial charge in [-0.2, -0.15) is 5.10 Å². The Balaban J connectivity index is 1.35. The monoisotopic (exact) mass is 482 g/mol. The fourth-order valence-corrected chi connectivity index (χ4v) is 4.35. The first kappa shape index (κ1) is 24.0. The summed E-state index contributed by atoms with van der Waals surface area (Å²) in [6, 6.07) is 15.5. The zero-order chi connectivity index (χ0) is 23.9. The molecule has 0 saturated carbocycles. The average Bonchev–Trinajstić information content (AvgIpc) is 3.32. The average molecular weight is 483 g/mol. The Hall–Kier alpha value is -3.19. The minimum Gasteiger partial charge on any atom is -0.490 e. The number of halogens is 1. The Labute approximate surface area is 205 Å². The third kappa shape index (κ3) is 6.03. The van der Waals surface area contributed by atoms with Crippen LogP contribution in [0.5, 0.6) is 11.5 Å². The third-order valence-corrected chi connectivity index (χ3v) is 6.05. The number of carbonyl (C=O) groups is 1. The smallest absolute Gasteiger partial charge is 0.224 e. The lowest BCUT2D eigenvalue weighted by atomic mass is 10.0. The van der Waals surface area contributed by atoms with Crippen molar-refractivity contribution in [2.45, 2.75) is 39.2 Å². The quantitative estimate of drug-likeness (QED) is 0.455. The number of benzene rings is 2. The highest BCUT2D eigenvalue weighted by Gasteiger charge is 2.23. The molecule has 0 bridgehead atoms. The van der Waals surface area contributed by atoms with E-state index in [4.69, 9.17) is 21.1 Å². The van der Waals surface area contributed by atoms with Gasteiger partial charge in [0.2, 0.25) is 5.91 Å². The van der Waals surface area contributed by atoms with Crippen molar-refractivity contribution < 1.29 is 14.3 Å². The molecule has 1 unspecified atom stereocenters. The molecule has 1 saturated heterocycles. The van der Waals surface area contributed by atoms with Crippen LogP contribution >= 0.6 is 11.6 Å². The van der Waals surface area contributed by atoms with E-state index in [0.29, 0.717) is 36.2 Å². The molecule has 2 heterocycles. The summed E-state index contributed by atoms with van der Waals surface area (Å²) in [5.74, 6) is 2.26. The van der Waals surface area contributed by atoms with Crippen LogP contribution in [0.15, 0.2) is 48.5 Å². The molecule has 0 aliphatic carbocycles. The van der Waals surface area contributed by atoms with Crippen molar-refractivity contribution in [1.82, 2.24) is 15.5 Å². The Bertz CT molecular complexity index is 1100. The molecule has 1 fully saturated rings. The maximum atomic E-state index is 12.8. The van der Waals surface area contributed by atoms with Gasteiger partial charge in [0.1, 0.15) is 0 Å². The van der Waals surface area contributed by atoms with Crippen molar-refractivity contribution in [3.05, 3.63) is 59.1 Å². The molecule has 1 aliphatic heterocycles. The maximum Gasteiger partial charge on any atom is 0.224 e. The molecular weight excluding hydrogens is 452 g/mol. The lowest BCUT2D eigenvalue weighted by molar-refractivity contribution is -0.121. The van der Waals surface area contributed by atoms with Crippen LogP contribution in [0, 0.1) is 0 Å². The molecule has 2 aromatic carbocycles. The Morgan fingerprint density at radius 3 is 2.65 bits per heavy atom. The van der Waals surface area contributed by atoms with Crippen LogP contribution < -0.4 is 19.7 Å². The number of rotatable bonds is 9. The van der Waals surface area contributed by atoms with Gasteiger partial charge in [-0.25, -0.2) is 0 Å². The molecule has 8 heteroatoms. The van der Waals surface area contributed by atoms with E-state index in [1.807, 2.05) is 62.4 Å². The van der Waals surface area contributed by atoms with E-state index >= 15 is 0 Å². The predicted molar refractivity (Wildman–Crippen MR) is 135 cm³/mol. The Kier molecular flexibility index (Phi) is 7.95. The van der Waals surface area contributed by atoms with Crippen LogP contribution in [-0.4, -0.2) is 48.4 Å². The van der Waals surface area contributed by atoms with Crippen LogP contribution in [0.1, 0.15) is 32.3 Å². The second-order valence-corrected chi connectivity index (χ2v) is 8.76. The summed E-state index contributed by atoms with van der Waals surface area (Å²) < 4.78 is 11.3. The van der Waals surface area contributed by atoms with Crippen molar-refractivity contribution in [1.29, 1.82) is 0 Å². The van der Waals surface area contributed by atoms with Crippen molar-refractivity contribution in [3.8, 4) is 22.8 Å². The van der Waals surface area contributed by atoms with Crippen molar-refractivity contribution in [2.24, 2.45) is 0 Å². The molecule has 3 aromatic rings. The highest BCUT2D eigenvalue weighted by Crippen LogP contribution is 2.29. The summed E-state index contributed by atoms with van der Waals surface area (Å²) in [7, 11) is 0. The number of piperidine rings is 1. The van der Waals surface area contributed by atoms with Gasteiger partial charge in [0, 0.05) is 30.2 Å². The van der Waals surface area contributed by atoms with Crippen molar-refractivity contribution in [2.75, 3.05) is 31.2 Å². The number of hydrogen-bond acceptors (Lipinski definition) is 5. The first-order valence-corrected chi connectivity index (χ1v) is 12.2. The maximum absolute atomic E-state index is 12.8. The largest absolute Gasteiger partial charge is 0.490 e. The van der Waals surface area contributed by atoms with Gasteiger partial charge in [-0.3, -0.25) is 9.89 Å². The summed E-state index contributed by atoms with van der Waals surface area (Å²) >= 11 is 6.00. The number of anilines is 1. The summed E-state index contributed by atoms with van der Waals surface area (Å²) in [5, 5.41) is 11.5. The second kappa shape index (κ2) is 11.3. The molecule has 2 N–H and O–H groups in total. The van der Waals surface area contributed by atoms with Crippen LogP contribution in [0.25, 0.3) is 11.3 Å². The van der Waals surface area contributed by atoms with Crippen molar-refractivity contribution >= 4 is 23.3 Å². The van der Waals surface area contributed by atoms with E-state index in [9.17, 15) is 4.79 Å². The fourth-order valence-electron chi connectivity index (χ4n) is 4.22. The molecular formula is C26H31ClN4O3. The van der Waals surface area contributed by atoms with Gasteiger partial charge in [0.05, 0.1) is 25.3 Å². The van der Waals surface area contributed by atoms with Gasteiger partial charge in [-0.15, -0.1) is 0 Å². The van der Waals surface area contributed by atoms with Gasteiger partial charge in [-0.1, -0.05) is 29.8 Å². The number of amides is 1. The van der Waals surface area contributed by atoms with Gasteiger partial charge in [0.15, 0.2) is 17.3 Å². The van der Waals surface area contributed by atoms with Gasteiger partial charge in [0.25, 0.3) is 0 Å². The molecule has 1 aliphatic rings. The number of carbonyl (C=O) groups excluding carboxylic acids is 1. The second-order valence-electron chi connectivity index (χ2n) is 8.32. The number of aromatic amines is 1. The molecule has 1 aromatic heterocycles. The van der Waals surface area contributed by atoms with Crippen LogP contribution in [0.2, 0.25) is 5.02 Å². The molecule has 0 spiro atoms. The number of aromatic nitrogens is 2. The van der Waals surface area contributed by atoms with E-state index in [2.05, 4.69) is 20.4 Å².